The molecule has 0 heterocycles. The molecule has 9 nitrogen and oxygen atoms in total. The average molecular weight is 941 g/mol. The van der Waals surface area contributed by atoms with Crippen LogP contribution < -0.4 is 0 Å². The highest BCUT2D eigenvalue weighted by molar-refractivity contribution is 7.47. The van der Waals surface area contributed by atoms with E-state index in [0.29, 0.717) is 23.9 Å². The van der Waals surface area contributed by atoms with E-state index >= 15 is 0 Å². The molecule has 0 spiro atoms. The van der Waals surface area contributed by atoms with Crippen LogP contribution in [0.2, 0.25) is 0 Å². The second-order valence-electron chi connectivity index (χ2n) is 20.0. The van der Waals surface area contributed by atoms with E-state index in [9.17, 15) is 19.0 Å². The Morgan fingerprint density at radius 2 is 0.831 bits per heavy atom. The van der Waals surface area contributed by atoms with Gasteiger partial charge >= 0.3 is 19.8 Å². The second kappa shape index (κ2) is 47.6. The maximum Gasteiger partial charge on any atom is 0.472 e. The number of phosphoric ester groups is 1. The van der Waals surface area contributed by atoms with Gasteiger partial charge in [0.05, 0.1) is 27.7 Å². The number of carbonyl (C=O) groups excluding carboxylic acids is 2. The van der Waals surface area contributed by atoms with E-state index in [1.165, 1.54) is 186 Å². The van der Waals surface area contributed by atoms with Gasteiger partial charge in [-0.3, -0.25) is 18.6 Å². The normalized spacial score (nSPS) is 13.5. The van der Waals surface area contributed by atoms with Crippen LogP contribution in [0.5, 0.6) is 0 Å². The molecule has 0 bridgehead atoms. The summed E-state index contributed by atoms with van der Waals surface area (Å²) in [5.41, 5.74) is 0. The minimum Gasteiger partial charge on any atom is -0.462 e. The molecule has 0 aromatic carbocycles. The number of nitrogens with zero attached hydrogens (tertiary/aromatic N) is 1. The van der Waals surface area contributed by atoms with E-state index in [1.807, 2.05) is 21.1 Å². The van der Waals surface area contributed by atoms with Crippen molar-refractivity contribution >= 4 is 19.8 Å². The van der Waals surface area contributed by atoms with Crippen molar-refractivity contribution in [1.82, 2.24) is 0 Å². The van der Waals surface area contributed by atoms with Crippen LogP contribution in [0.15, 0.2) is 24.3 Å². The summed E-state index contributed by atoms with van der Waals surface area (Å²) in [6.07, 6.45) is 56.0. The van der Waals surface area contributed by atoms with Gasteiger partial charge in [-0.25, -0.2) is 4.57 Å². The number of unbranched alkanes of at least 4 members (excludes halogenated alkanes) is 33. The van der Waals surface area contributed by atoms with Crippen molar-refractivity contribution in [3.63, 3.8) is 0 Å². The van der Waals surface area contributed by atoms with Gasteiger partial charge < -0.3 is 18.9 Å². The molecule has 0 aliphatic carbocycles. The van der Waals surface area contributed by atoms with E-state index in [-0.39, 0.29) is 25.6 Å². The lowest BCUT2D eigenvalue weighted by molar-refractivity contribution is -0.870. The zero-order valence-corrected chi connectivity index (χ0v) is 44.4. The fraction of sp³-hybridized carbons (Fsp3) is 0.891. The summed E-state index contributed by atoms with van der Waals surface area (Å²) in [5.74, 6) is -0.796. The Hall–Kier alpha value is -1.51. The zero-order valence-electron chi connectivity index (χ0n) is 43.5. The molecule has 384 valence electrons. The molecule has 0 saturated carbocycles. The number of quaternary nitrogens is 1. The monoisotopic (exact) mass is 941 g/mol. The van der Waals surface area contributed by atoms with Gasteiger partial charge in [0.1, 0.15) is 19.8 Å². The number of hydrogen-bond donors (Lipinski definition) is 1. The van der Waals surface area contributed by atoms with Crippen molar-refractivity contribution in [1.29, 1.82) is 0 Å². The standard InChI is InChI=1S/C55H106NO8P/c1-6-8-10-12-14-15-16-17-18-19-20-21-22-23-24-25-26-27-28-29-30-31-32-33-34-35-36-37-38-39-40-41-42-44-46-48-55(58)64-53(51-61-54(57)47-45-43-13-11-9-7-2)52-63-65(59,60)62-50-49-56(3,4)5/h16-17,19-20,53H,6-15,18,21-52H2,1-5H3/p+1/b17-16-,20-19-. The van der Waals surface area contributed by atoms with E-state index in [4.69, 9.17) is 18.5 Å². The summed E-state index contributed by atoms with van der Waals surface area (Å²) >= 11 is 0. The molecule has 1 N–H and O–H groups in total. The predicted molar refractivity (Wildman–Crippen MR) is 275 cm³/mol. The number of allylic oxidation sites excluding steroid dienone is 4. The van der Waals surface area contributed by atoms with Crippen LogP contribution in [-0.2, 0) is 32.7 Å². The van der Waals surface area contributed by atoms with Crippen molar-refractivity contribution in [3.05, 3.63) is 24.3 Å². The molecule has 0 aliphatic heterocycles. The maximum atomic E-state index is 12.7. The first-order valence-corrected chi connectivity index (χ1v) is 29.1. The van der Waals surface area contributed by atoms with Crippen molar-refractivity contribution < 1.29 is 42.1 Å². The summed E-state index contributed by atoms with van der Waals surface area (Å²) in [7, 11) is 1.49. The molecule has 0 fully saturated rings. The fourth-order valence-corrected chi connectivity index (χ4v) is 8.67. The highest BCUT2D eigenvalue weighted by Crippen LogP contribution is 2.43. The quantitative estimate of drug-likeness (QED) is 0.0211. The summed E-state index contributed by atoms with van der Waals surface area (Å²) < 4.78 is 34.2. The van der Waals surface area contributed by atoms with E-state index < -0.39 is 26.5 Å². The van der Waals surface area contributed by atoms with Gasteiger partial charge in [-0.2, -0.15) is 0 Å². The number of likely N-dealkylation sites (N-methyl/N-ethyl adjacent to an activating group) is 1. The molecule has 0 aliphatic rings. The Balaban J connectivity index is 3.80. The zero-order chi connectivity index (χ0) is 47.8. The Labute approximate surface area is 402 Å². The van der Waals surface area contributed by atoms with Crippen LogP contribution in [-0.4, -0.2) is 74.9 Å². The minimum absolute atomic E-state index is 0.0349. The lowest BCUT2D eigenvalue weighted by Crippen LogP contribution is -2.37. The van der Waals surface area contributed by atoms with Gasteiger partial charge in [0.2, 0.25) is 0 Å². The first kappa shape index (κ1) is 63.5. The van der Waals surface area contributed by atoms with Gasteiger partial charge in [-0.05, 0) is 44.9 Å². The molecule has 10 heteroatoms. The van der Waals surface area contributed by atoms with Gasteiger partial charge in [0.15, 0.2) is 6.10 Å². The molecule has 0 radical (unpaired) electrons. The highest BCUT2D eigenvalue weighted by atomic mass is 31.2. The van der Waals surface area contributed by atoms with Crippen molar-refractivity contribution in [3.8, 4) is 0 Å². The SMILES string of the molecule is CCCCCCC/C=C\C/C=C\CCCCCCCCCCCCCCCCCCCCCCCCCC(=O)OC(COC(=O)CCCCCCCC)COP(=O)(O)OCC[N+](C)(C)C. The molecule has 0 saturated heterocycles. The third-order valence-corrected chi connectivity index (χ3v) is 13.2. The lowest BCUT2D eigenvalue weighted by Gasteiger charge is -2.24. The molecule has 2 unspecified atom stereocenters. The summed E-state index contributed by atoms with van der Waals surface area (Å²) in [4.78, 5) is 35.2. The van der Waals surface area contributed by atoms with E-state index in [1.54, 1.807) is 0 Å². The Morgan fingerprint density at radius 1 is 0.477 bits per heavy atom. The maximum absolute atomic E-state index is 12.7. The second-order valence-corrected chi connectivity index (χ2v) is 21.4. The molecule has 0 rings (SSSR count). The molecular weight excluding hydrogens is 834 g/mol. The average Bonchev–Trinajstić information content (AvgIpc) is 3.26. The Bertz CT molecular complexity index is 1150. The van der Waals surface area contributed by atoms with Crippen LogP contribution in [0.1, 0.15) is 264 Å². The van der Waals surface area contributed by atoms with Gasteiger partial charge in [0, 0.05) is 12.8 Å². The molecule has 65 heavy (non-hydrogen) atoms. The number of esters is 2. The number of phosphoric acid groups is 1. The van der Waals surface area contributed by atoms with Crippen LogP contribution in [0.4, 0.5) is 0 Å². The summed E-state index contributed by atoms with van der Waals surface area (Å²) in [6.45, 7) is 4.38. The van der Waals surface area contributed by atoms with Crippen molar-refractivity contribution in [2.24, 2.45) is 0 Å². The molecule has 0 aromatic rings. The number of ether oxygens (including phenoxy) is 2. The van der Waals surface area contributed by atoms with Crippen molar-refractivity contribution in [2.45, 2.75) is 270 Å². The molecular formula is C55H107NO8P+. The summed E-state index contributed by atoms with van der Waals surface area (Å²) in [5, 5.41) is 0. The Morgan fingerprint density at radius 3 is 1.22 bits per heavy atom. The first-order valence-electron chi connectivity index (χ1n) is 27.6. The third-order valence-electron chi connectivity index (χ3n) is 12.2. The predicted octanol–water partition coefficient (Wildman–Crippen LogP) is 16.6. The Kier molecular flexibility index (Phi) is 46.4. The lowest BCUT2D eigenvalue weighted by atomic mass is 10.0. The van der Waals surface area contributed by atoms with E-state index in [2.05, 4.69) is 38.2 Å². The van der Waals surface area contributed by atoms with Gasteiger partial charge in [0.25, 0.3) is 0 Å². The molecule has 2 atom stereocenters. The number of hydrogen-bond acceptors (Lipinski definition) is 7. The molecule has 0 aromatic heterocycles. The van der Waals surface area contributed by atoms with Crippen LogP contribution >= 0.6 is 7.82 Å². The first-order chi connectivity index (χ1) is 31.5. The smallest absolute Gasteiger partial charge is 0.462 e. The molecule has 0 amide bonds. The topological polar surface area (TPSA) is 108 Å². The third kappa shape index (κ3) is 51.7. The van der Waals surface area contributed by atoms with Gasteiger partial charge in [-0.15, -0.1) is 0 Å². The van der Waals surface area contributed by atoms with Crippen LogP contribution in [0, 0.1) is 0 Å². The fourth-order valence-electron chi connectivity index (χ4n) is 7.93. The van der Waals surface area contributed by atoms with Crippen molar-refractivity contribution in [2.75, 3.05) is 47.5 Å². The highest BCUT2D eigenvalue weighted by Gasteiger charge is 2.27. The van der Waals surface area contributed by atoms with Gasteiger partial charge in [-0.1, -0.05) is 231 Å². The van der Waals surface area contributed by atoms with Crippen LogP contribution in [0.3, 0.4) is 0 Å². The number of rotatable bonds is 51. The number of carbonyl (C=O) groups is 2. The van der Waals surface area contributed by atoms with Crippen LogP contribution in [0.25, 0.3) is 0 Å². The summed E-state index contributed by atoms with van der Waals surface area (Å²) in [6, 6.07) is 0. The largest absolute Gasteiger partial charge is 0.472 e. The van der Waals surface area contributed by atoms with E-state index in [0.717, 1.165) is 44.9 Å². The minimum atomic E-state index is -4.36.